The Morgan fingerprint density at radius 2 is 1.88 bits per heavy atom. The van der Waals surface area contributed by atoms with Gasteiger partial charge in [0.05, 0.1) is 12.2 Å². The molecule has 17 heavy (non-hydrogen) atoms. The van der Waals surface area contributed by atoms with Crippen molar-refractivity contribution >= 4 is 11.7 Å². The first kappa shape index (κ1) is 9.76. The molecule has 2 amide bonds. The van der Waals surface area contributed by atoms with Crippen molar-refractivity contribution in [3.05, 3.63) is 30.6 Å². The zero-order chi connectivity index (χ0) is 11.7. The summed E-state index contributed by atoms with van der Waals surface area (Å²) in [5.74, 6) is 0. The molecule has 0 unspecified atom stereocenters. The minimum Gasteiger partial charge on any atom is -0.291 e. The van der Waals surface area contributed by atoms with E-state index in [0.29, 0.717) is 13.1 Å². The van der Waals surface area contributed by atoms with Gasteiger partial charge in [0, 0.05) is 12.2 Å². The summed E-state index contributed by atoms with van der Waals surface area (Å²) in [6.07, 6.45) is 1.52. The Hall–Kier alpha value is -2.44. The van der Waals surface area contributed by atoms with E-state index in [2.05, 4.69) is 20.8 Å². The van der Waals surface area contributed by atoms with Crippen LogP contribution in [0.15, 0.2) is 30.6 Å². The number of hydrogen-bond donors (Lipinski definition) is 0. The normalized spacial score (nSPS) is 15.1. The third kappa shape index (κ3) is 1.71. The summed E-state index contributed by atoms with van der Waals surface area (Å²) in [7, 11) is 0. The van der Waals surface area contributed by atoms with Crippen molar-refractivity contribution in [2.45, 2.75) is 0 Å². The molecular formula is C10H9N6O. The first-order chi connectivity index (χ1) is 8.34. The van der Waals surface area contributed by atoms with Crippen LogP contribution in [0.25, 0.3) is 5.69 Å². The zero-order valence-electron chi connectivity index (χ0n) is 8.89. The highest BCUT2D eigenvalue weighted by Crippen LogP contribution is 2.18. The van der Waals surface area contributed by atoms with E-state index in [-0.39, 0.29) is 6.03 Å². The topological polar surface area (TPSA) is 78.0 Å². The summed E-state index contributed by atoms with van der Waals surface area (Å²) in [5, 5.41) is 14.7. The summed E-state index contributed by atoms with van der Waals surface area (Å²) in [4.78, 5) is 13.1. The fraction of sp³-hybridized carbons (Fsp3) is 0.200. The number of benzene rings is 1. The van der Waals surface area contributed by atoms with Gasteiger partial charge in [-0.1, -0.05) is 0 Å². The number of aromatic nitrogens is 4. The molecule has 1 aromatic heterocycles. The third-order valence-electron chi connectivity index (χ3n) is 2.58. The highest BCUT2D eigenvalue weighted by atomic mass is 16.2. The van der Waals surface area contributed by atoms with Crippen molar-refractivity contribution in [1.29, 1.82) is 0 Å². The maximum Gasteiger partial charge on any atom is 0.343 e. The van der Waals surface area contributed by atoms with Gasteiger partial charge in [-0.25, -0.2) is 14.8 Å². The van der Waals surface area contributed by atoms with Gasteiger partial charge in [0.15, 0.2) is 0 Å². The molecule has 0 atom stereocenters. The SMILES string of the molecule is O=C1[N]CCN1c1ccc(-n2cnnn2)cc1. The Balaban J connectivity index is 1.87. The van der Waals surface area contributed by atoms with Crippen LogP contribution < -0.4 is 10.2 Å². The Labute approximate surface area is 97.0 Å². The van der Waals surface area contributed by atoms with Crippen molar-refractivity contribution < 1.29 is 4.79 Å². The summed E-state index contributed by atoms with van der Waals surface area (Å²) in [6, 6.07) is 7.25. The van der Waals surface area contributed by atoms with Gasteiger partial charge in [-0.15, -0.1) is 5.10 Å². The number of hydrogen-bond acceptors (Lipinski definition) is 4. The van der Waals surface area contributed by atoms with Crippen molar-refractivity contribution in [3.63, 3.8) is 0 Å². The van der Waals surface area contributed by atoms with Crippen molar-refractivity contribution in [2.75, 3.05) is 18.0 Å². The van der Waals surface area contributed by atoms with E-state index in [1.54, 1.807) is 9.58 Å². The van der Waals surface area contributed by atoms with Crippen molar-refractivity contribution in [3.8, 4) is 5.69 Å². The average molecular weight is 229 g/mol. The molecule has 2 heterocycles. The second-order valence-electron chi connectivity index (χ2n) is 3.59. The summed E-state index contributed by atoms with van der Waals surface area (Å²) < 4.78 is 1.56. The molecule has 0 spiro atoms. The number of anilines is 1. The van der Waals surface area contributed by atoms with Crippen LogP contribution in [-0.2, 0) is 0 Å². The zero-order valence-corrected chi connectivity index (χ0v) is 8.89. The van der Waals surface area contributed by atoms with E-state index in [1.165, 1.54) is 6.33 Å². The number of amides is 2. The second-order valence-corrected chi connectivity index (χ2v) is 3.59. The summed E-state index contributed by atoms with van der Waals surface area (Å²) >= 11 is 0. The Bertz CT molecular complexity index is 520. The Morgan fingerprint density at radius 3 is 2.47 bits per heavy atom. The van der Waals surface area contributed by atoms with Gasteiger partial charge in [0.2, 0.25) is 0 Å². The molecule has 1 radical (unpaired) electrons. The third-order valence-corrected chi connectivity index (χ3v) is 2.58. The molecule has 1 aliphatic heterocycles. The molecule has 1 fully saturated rings. The van der Waals surface area contributed by atoms with Crippen molar-refractivity contribution in [2.24, 2.45) is 0 Å². The maximum absolute atomic E-state index is 11.4. The van der Waals surface area contributed by atoms with Gasteiger partial charge in [-0.05, 0) is 34.7 Å². The minimum absolute atomic E-state index is 0.180. The smallest absolute Gasteiger partial charge is 0.291 e. The largest absolute Gasteiger partial charge is 0.343 e. The lowest BCUT2D eigenvalue weighted by atomic mass is 10.2. The van der Waals surface area contributed by atoms with Crippen LogP contribution in [0, 0.1) is 0 Å². The van der Waals surface area contributed by atoms with E-state index in [0.717, 1.165) is 11.4 Å². The fourth-order valence-electron chi connectivity index (χ4n) is 1.73. The molecule has 1 aliphatic rings. The molecule has 7 nitrogen and oxygen atoms in total. The standard InChI is InChI=1S/C10H9N6O/c17-10-11-5-6-15(10)8-1-3-9(4-2-8)16-7-12-13-14-16/h1-4,7H,5-6H2. The lowest BCUT2D eigenvalue weighted by molar-refractivity contribution is 0.251. The molecular weight excluding hydrogens is 220 g/mol. The first-order valence-corrected chi connectivity index (χ1v) is 5.17. The van der Waals surface area contributed by atoms with Gasteiger partial charge < -0.3 is 0 Å². The van der Waals surface area contributed by atoms with Gasteiger partial charge >= 0.3 is 6.03 Å². The molecule has 85 valence electrons. The number of carbonyl (C=O) groups excluding carboxylic acids is 1. The van der Waals surface area contributed by atoms with Gasteiger partial charge in [0.1, 0.15) is 6.33 Å². The van der Waals surface area contributed by atoms with Crippen LogP contribution in [-0.4, -0.2) is 39.3 Å². The van der Waals surface area contributed by atoms with E-state index in [9.17, 15) is 4.79 Å². The van der Waals surface area contributed by atoms with Crippen LogP contribution in [0.5, 0.6) is 0 Å². The summed E-state index contributed by atoms with van der Waals surface area (Å²) in [5.41, 5.74) is 1.69. The number of nitrogens with zero attached hydrogens (tertiary/aromatic N) is 6. The quantitative estimate of drug-likeness (QED) is 0.737. The number of rotatable bonds is 2. The van der Waals surface area contributed by atoms with Gasteiger partial charge in [-0.3, -0.25) is 4.90 Å². The molecule has 1 saturated heterocycles. The predicted octanol–water partition coefficient (Wildman–Crippen LogP) is 0.207. The lowest BCUT2D eigenvalue weighted by Crippen LogP contribution is -2.25. The monoisotopic (exact) mass is 229 g/mol. The van der Waals surface area contributed by atoms with Gasteiger partial charge in [0.25, 0.3) is 0 Å². The van der Waals surface area contributed by atoms with Crippen LogP contribution in [0.1, 0.15) is 0 Å². The van der Waals surface area contributed by atoms with Crippen LogP contribution in [0.2, 0.25) is 0 Å². The predicted molar refractivity (Wildman–Crippen MR) is 58.9 cm³/mol. The molecule has 2 aromatic rings. The minimum atomic E-state index is -0.180. The number of urea groups is 1. The molecule has 7 heteroatoms. The van der Waals surface area contributed by atoms with E-state index in [1.807, 2.05) is 24.3 Å². The molecule has 0 N–H and O–H groups in total. The second kappa shape index (κ2) is 3.85. The summed E-state index contributed by atoms with van der Waals surface area (Å²) in [6.45, 7) is 1.21. The maximum atomic E-state index is 11.4. The van der Waals surface area contributed by atoms with Crippen LogP contribution in [0.3, 0.4) is 0 Å². The van der Waals surface area contributed by atoms with Crippen molar-refractivity contribution in [1.82, 2.24) is 25.5 Å². The van der Waals surface area contributed by atoms with E-state index >= 15 is 0 Å². The van der Waals surface area contributed by atoms with Gasteiger partial charge in [-0.2, -0.15) is 0 Å². The number of carbonyl (C=O) groups is 1. The molecule has 0 saturated carbocycles. The Morgan fingerprint density at radius 1 is 1.12 bits per heavy atom. The first-order valence-electron chi connectivity index (χ1n) is 5.17. The highest BCUT2D eigenvalue weighted by molar-refractivity contribution is 5.93. The molecule has 0 aliphatic carbocycles. The van der Waals surface area contributed by atoms with Crippen LogP contribution >= 0.6 is 0 Å². The lowest BCUT2D eigenvalue weighted by Gasteiger charge is -2.13. The molecule has 3 rings (SSSR count). The average Bonchev–Trinajstić information content (AvgIpc) is 3.00. The molecule has 1 aromatic carbocycles. The Kier molecular flexibility index (Phi) is 2.21. The highest BCUT2D eigenvalue weighted by Gasteiger charge is 2.22. The van der Waals surface area contributed by atoms with Crippen LogP contribution in [0.4, 0.5) is 10.5 Å². The fourth-order valence-corrected chi connectivity index (χ4v) is 1.73. The number of tetrazole rings is 1. The molecule has 0 bridgehead atoms. The van der Waals surface area contributed by atoms with E-state index in [4.69, 9.17) is 0 Å². The van der Waals surface area contributed by atoms with E-state index < -0.39 is 0 Å².